The number of rotatable bonds is 14. The van der Waals surface area contributed by atoms with Crippen LogP contribution < -0.4 is 0 Å². The normalized spacial score (nSPS) is 16.2. The predicted octanol–water partition coefficient (Wildman–Crippen LogP) is 9.76. The Labute approximate surface area is 235 Å². The van der Waals surface area contributed by atoms with Crippen LogP contribution in [0.25, 0.3) is 0 Å². The summed E-state index contributed by atoms with van der Waals surface area (Å²) in [5.74, 6) is -100. The van der Waals surface area contributed by atoms with Gasteiger partial charge < -0.3 is 0 Å². The van der Waals surface area contributed by atoms with Gasteiger partial charge in [-0.05, 0) is 12.5 Å². The fraction of sp³-hybridized carbons (Fsp3) is 0.833. The van der Waals surface area contributed by atoms with Gasteiger partial charge in [0.05, 0.1) is 0 Å². The number of thioether (sulfide) groups is 1. The van der Waals surface area contributed by atoms with Crippen molar-refractivity contribution >= 4 is 16.9 Å². The molecule has 0 rings (SSSR count). The smallest absolute Gasteiger partial charge is 0.282 e. The number of alkyl halides is 25. The molecule has 0 aliphatic rings. The molecule has 0 radical (unpaired) electrons. The highest BCUT2D eigenvalue weighted by Gasteiger charge is 2.99. The SMILES string of the molecule is C=C(C)C(=O)SCCC(F)(F)C(F)(F)C(F)(F)C(F)(F)C(F)(F)C(F)(F)C(F)(F)C(F)(F)C(F)(F)C(F)(F)C(F)(F)C(F)(F)F. The van der Waals surface area contributed by atoms with E-state index in [0.29, 0.717) is 0 Å². The van der Waals surface area contributed by atoms with E-state index in [9.17, 15) is 115 Å². The summed E-state index contributed by atoms with van der Waals surface area (Å²) in [5.41, 5.74) is -0.572. The fourth-order valence-electron chi connectivity index (χ4n) is 2.54. The van der Waals surface area contributed by atoms with E-state index < -0.39 is 106 Å². The maximum absolute atomic E-state index is 13.8. The average Bonchev–Trinajstić information content (AvgIpc) is 2.81. The number of carbonyl (C=O) groups is 1. The molecule has 1 nitrogen and oxygen atoms in total. The first kappa shape index (κ1) is 43.0. The molecule has 0 aliphatic carbocycles. The maximum Gasteiger partial charge on any atom is 0.460 e. The molecular weight excluding hydrogens is 739 g/mol. The van der Waals surface area contributed by atoms with Gasteiger partial charge in [0.15, 0.2) is 0 Å². The average molecular weight is 748 g/mol. The maximum atomic E-state index is 13.8. The van der Waals surface area contributed by atoms with Crippen molar-refractivity contribution in [2.45, 2.75) is 84.7 Å². The highest BCUT2D eigenvalue weighted by molar-refractivity contribution is 8.14. The molecule has 0 aromatic carbocycles. The van der Waals surface area contributed by atoms with Crippen LogP contribution in [0, 0.1) is 0 Å². The molecule has 0 saturated heterocycles. The van der Waals surface area contributed by atoms with E-state index in [2.05, 4.69) is 6.58 Å². The van der Waals surface area contributed by atoms with Gasteiger partial charge in [0.25, 0.3) is 0 Å². The lowest BCUT2D eigenvalue weighted by Gasteiger charge is -2.45. The molecule has 0 amide bonds. The van der Waals surface area contributed by atoms with Gasteiger partial charge in [0.1, 0.15) is 0 Å². The standard InChI is InChI=1S/C18H9F25OS/c1-5(2)6(44)45-4-3-7(19,20)8(21,22)9(23,24)10(25,26)11(27,28)12(29,30)13(31,32)14(33,34)15(35,36)16(37,38)17(39,40)18(41,42)43/h1,3-4H2,2H3. The minimum Gasteiger partial charge on any atom is -0.282 e. The summed E-state index contributed by atoms with van der Waals surface area (Å²) in [6.07, 6.45) is -11.1. The van der Waals surface area contributed by atoms with Crippen molar-refractivity contribution in [2.24, 2.45) is 0 Å². The zero-order valence-electron chi connectivity index (χ0n) is 20.4. The monoisotopic (exact) mass is 748 g/mol. The summed E-state index contributed by atoms with van der Waals surface area (Å²) in [6, 6.07) is 0. The number of hydrogen-bond acceptors (Lipinski definition) is 2. The van der Waals surface area contributed by atoms with Crippen molar-refractivity contribution in [2.75, 3.05) is 5.75 Å². The lowest BCUT2D eigenvalue weighted by Crippen LogP contribution is -2.78. The molecule has 0 aliphatic heterocycles. The Morgan fingerprint density at radius 2 is 0.667 bits per heavy atom. The molecule has 0 bridgehead atoms. The van der Waals surface area contributed by atoms with Crippen LogP contribution in [0.4, 0.5) is 110 Å². The highest BCUT2D eigenvalue weighted by atomic mass is 32.2. The molecule has 45 heavy (non-hydrogen) atoms. The third-order valence-corrected chi connectivity index (χ3v) is 6.38. The molecular formula is C18H9F25OS. The van der Waals surface area contributed by atoms with Crippen molar-refractivity contribution in [1.29, 1.82) is 0 Å². The van der Waals surface area contributed by atoms with Crippen molar-refractivity contribution in [3.05, 3.63) is 12.2 Å². The molecule has 0 N–H and O–H groups in total. The molecule has 0 aromatic rings. The molecule has 0 saturated carbocycles. The van der Waals surface area contributed by atoms with Crippen molar-refractivity contribution < 1.29 is 115 Å². The second-order valence-electron chi connectivity index (χ2n) is 8.61. The van der Waals surface area contributed by atoms with E-state index in [1.165, 1.54) is 0 Å². The third-order valence-electron chi connectivity index (χ3n) is 5.36. The van der Waals surface area contributed by atoms with E-state index in [0.717, 1.165) is 6.92 Å². The van der Waals surface area contributed by atoms with Gasteiger partial charge in [-0.15, -0.1) is 0 Å². The van der Waals surface area contributed by atoms with E-state index in [-0.39, 0.29) is 0 Å². The van der Waals surface area contributed by atoms with Crippen LogP contribution in [0.5, 0.6) is 0 Å². The van der Waals surface area contributed by atoms with Crippen molar-refractivity contribution in [1.82, 2.24) is 0 Å². The predicted molar refractivity (Wildman–Crippen MR) is 97.4 cm³/mol. The second-order valence-corrected chi connectivity index (χ2v) is 9.68. The summed E-state index contributed by atoms with van der Waals surface area (Å²) in [4.78, 5) is 11.1. The Kier molecular flexibility index (Phi) is 10.8. The summed E-state index contributed by atoms with van der Waals surface area (Å²) in [5, 5.41) is -1.39. The Morgan fingerprint density at radius 1 is 0.444 bits per heavy atom. The Hall–Kier alpha value is -1.99. The van der Waals surface area contributed by atoms with E-state index in [1.54, 1.807) is 0 Å². The van der Waals surface area contributed by atoms with Crippen LogP contribution in [-0.2, 0) is 4.79 Å². The fourth-order valence-corrected chi connectivity index (χ4v) is 3.33. The summed E-state index contributed by atoms with van der Waals surface area (Å²) >= 11 is -0.522. The van der Waals surface area contributed by atoms with Gasteiger partial charge in [-0.3, -0.25) is 4.79 Å². The summed E-state index contributed by atoms with van der Waals surface area (Å²) in [7, 11) is 0. The summed E-state index contributed by atoms with van der Waals surface area (Å²) < 4.78 is 334. The van der Waals surface area contributed by atoms with Crippen molar-refractivity contribution in [3.63, 3.8) is 0 Å². The van der Waals surface area contributed by atoms with Crippen LogP contribution in [0.1, 0.15) is 13.3 Å². The highest BCUT2D eigenvalue weighted by Crippen LogP contribution is 2.67. The van der Waals surface area contributed by atoms with Crippen LogP contribution in [0.2, 0.25) is 0 Å². The first-order chi connectivity index (χ1) is 19.1. The minimum atomic E-state index is -9.62. The molecule has 0 atom stereocenters. The van der Waals surface area contributed by atoms with Gasteiger partial charge in [0, 0.05) is 12.2 Å². The van der Waals surface area contributed by atoms with Crippen LogP contribution >= 0.6 is 11.8 Å². The molecule has 27 heteroatoms. The first-order valence-corrected chi connectivity index (χ1v) is 11.1. The van der Waals surface area contributed by atoms with Gasteiger partial charge in [-0.2, -0.15) is 110 Å². The quantitative estimate of drug-likeness (QED) is 0.130. The van der Waals surface area contributed by atoms with Crippen LogP contribution in [0.3, 0.4) is 0 Å². The minimum absolute atomic E-state index is 0.522. The second kappa shape index (κ2) is 11.3. The molecule has 0 unspecified atom stereocenters. The summed E-state index contributed by atoms with van der Waals surface area (Å²) in [6.45, 7) is 3.68. The largest absolute Gasteiger partial charge is 0.460 e. The Balaban J connectivity index is 7.11. The third kappa shape index (κ3) is 5.76. The van der Waals surface area contributed by atoms with Gasteiger partial charge in [-0.25, -0.2) is 0 Å². The van der Waals surface area contributed by atoms with Crippen LogP contribution in [0.15, 0.2) is 12.2 Å². The van der Waals surface area contributed by atoms with Gasteiger partial charge in [0.2, 0.25) is 5.12 Å². The molecule has 0 spiro atoms. The molecule has 0 heterocycles. The molecule has 0 fully saturated rings. The number of halogens is 25. The Bertz CT molecular complexity index is 1120. The van der Waals surface area contributed by atoms with E-state index >= 15 is 0 Å². The zero-order valence-corrected chi connectivity index (χ0v) is 21.2. The zero-order chi connectivity index (χ0) is 37.3. The number of hydrogen-bond donors (Lipinski definition) is 0. The molecule has 0 aromatic heterocycles. The topological polar surface area (TPSA) is 17.1 Å². The van der Waals surface area contributed by atoms with E-state index in [1.807, 2.05) is 0 Å². The van der Waals surface area contributed by atoms with Crippen LogP contribution in [-0.4, -0.2) is 82.2 Å². The lowest BCUT2D eigenvalue weighted by molar-refractivity contribution is -0.482. The van der Waals surface area contributed by atoms with Gasteiger partial charge >= 0.3 is 71.3 Å². The van der Waals surface area contributed by atoms with Crippen molar-refractivity contribution in [3.8, 4) is 0 Å². The van der Waals surface area contributed by atoms with Gasteiger partial charge in [-0.1, -0.05) is 18.3 Å². The first-order valence-electron chi connectivity index (χ1n) is 10.1. The molecule has 268 valence electrons. The Morgan fingerprint density at radius 3 is 0.889 bits per heavy atom. The van der Waals surface area contributed by atoms with E-state index in [4.69, 9.17) is 0 Å². The number of carbonyl (C=O) groups excluding carboxylic acids is 1. The lowest BCUT2D eigenvalue weighted by atomic mass is 9.84.